The molecule has 2 aliphatic rings. The molecule has 8 heteroatoms. The van der Waals surface area contributed by atoms with E-state index >= 15 is 0 Å². The zero-order valence-corrected chi connectivity index (χ0v) is 18.3. The number of piperazine rings is 1. The lowest BCUT2D eigenvalue weighted by Gasteiger charge is -2.35. The van der Waals surface area contributed by atoms with Gasteiger partial charge in [0, 0.05) is 56.6 Å². The Labute approximate surface area is 183 Å². The third-order valence-electron chi connectivity index (χ3n) is 5.93. The summed E-state index contributed by atoms with van der Waals surface area (Å²) in [7, 11) is 0. The standard InChI is InChI=1S/C22H32N6OS/c23-20(21(29)27-16-17-30-18-27)8-4-5-10-25-12-14-26(15-13-25)22-24-9-11-28(22)19-6-2-1-3-7-19/h1-3,6-7,9,11,20H,4-5,8,10,12-18,23H2/t20-/m0/s1. The number of carbonyl (C=O) groups is 1. The Morgan fingerprint density at radius 2 is 1.90 bits per heavy atom. The first-order valence-electron chi connectivity index (χ1n) is 10.9. The van der Waals surface area contributed by atoms with Gasteiger partial charge in [-0.15, -0.1) is 11.8 Å². The summed E-state index contributed by atoms with van der Waals surface area (Å²) in [6.45, 7) is 5.96. The van der Waals surface area contributed by atoms with Gasteiger partial charge in [-0.2, -0.15) is 0 Å². The van der Waals surface area contributed by atoms with Crippen molar-refractivity contribution in [2.45, 2.75) is 25.3 Å². The van der Waals surface area contributed by atoms with Gasteiger partial charge in [-0.25, -0.2) is 4.98 Å². The van der Waals surface area contributed by atoms with Crippen LogP contribution < -0.4 is 10.6 Å². The zero-order chi connectivity index (χ0) is 20.8. The maximum Gasteiger partial charge on any atom is 0.240 e. The van der Waals surface area contributed by atoms with Gasteiger partial charge in [0.05, 0.1) is 11.9 Å². The molecule has 0 radical (unpaired) electrons. The largest absolute Gasteiger partial charge is 0.339 e. The number of carbonyl (C=O) groups excluding carboxylic acids is 1. The van der Waals surface area contributed by atoms with Crippen molar-refractivity contribution in [3.05, 3.63) is 42.7 Å². The Morgan fingerprint density at radius 3 is 2.63 bits per heavy atom. The number of thioether (sulfide) groups is 1. The highest BCUT2D eigenvalue weighted by Crippen LogP contribution is 2.20. The lowest BCUT2D eigenvalue weighted by Crippen LogP contribution is -2.47. The number of imidazole rings is 1. The van der Waals surface area contributed by atoms with Gasteiger partial charge in [0.1, 0.15) is 0 Å². The predicted molar refractivity (Wildman–Crippen MR) is 123 cm³/mol. The Hall–Kier alpha value is -2.03. The van der Waals surface area contributed by atoms with E-state index in [-0.39, 0.29) is 11.9 Å². The van der Waals surface area contributed by atoms with E-state index in [4.69, 9.17) is 5.73 Å². The monoisotopic (exact) mass is 428 g/mol. The normalized spacial score (nSPS) is 18.7. The van der Waals surface area contributed by atoms with Gasteiger partial charge in [0.25, 0.3) is 0 Å². The van der Waals surface area contributed by atoms with Gasteiger partial charge in [-0.3, -0.25) is 14.3 Å². The molecule has 7 nitrogen and oxygen atoms in total. The van der Waals surface area contributed by atoms with Crippen LogP contribution in [0.4, 0.5) is 5.95 Å². The van der Waals surface area contributed by atoms with E-state index in [0.29, 0.717) is 0 Å². The molecule has 2 saturated heterocycles. The Morgan fingerprint density at radius 1 is 1.10 bits per heavy atom. The average molecular weight is 429 g/mol. The number of benzene rings is 1. The maximum atomic E-state index is 12.3. The first kappa shape index (κ1) is 21.2. The number of nitrogens with zero attached hydrogens (tertiary/aromatic N) is 5. The molecular formula is C22H32N6OS. The number of nitrogens with two attached hydrogens (primary N) is 1. The van der Waals surface area contributed by atoms with Crippen LogP contribution in [-0.4, -0.2) is 82.2 Å². The molecule has 1 atom stereocenters. The summed E-state index contributed by atoms with van der Waals surface area (Å²) in [6.07, 6.45) is 6.79. The fourth-order valence-electron chi connectivity index (χ4n) is 4.14. The number of hydrogen-bond donors (Lipinski definition) is 1. The zero-order valence-electron chi connectivity index (χ0n) is 17.5. The summed E-state index contributed by atoms with van der Waals surface area (Å²) < 4.78 is 2.16. The topological polar surface area (TPSA) is 70.6 Å². The van der Waals surface area contributed by atoms with Crippen LogP contribution in [0.5, 0.6) is 0 Å². The van der Waals surface area contributed by atoms with E-state index in [1.807, 2.05) is 23.4 Å². The van der Waals surface area contributed by atoms with Crippen molar-refractivity contribution in [3.63, 3.8) is 0 Å². The average Bonchev–Trinajstić information content (AvgIpc) is 3.49. The van der Waals surface area contributed by atoms with Crippen molar-refractivity contribution < 1.29 is 4.79 Å². The van der Waals surface area contributed by atoms with Crippen LogP contribution in [0.15, 0.2) is 42.7 Å². The molecule has 0 spiro atoms. The SMILES string of the molecule is N[C@@H](CCCCN1CCN(c2nccn2-c2ccccc2)CC1)C(=O)N1CCSC1. The number of rotatable bonds is 8. The summed E-state index contributed by atoms with van der Waals surface area (Å²) in [5.74, 6) is 2.99. The van der Waals surface area contributed by atoms with Crippen LogP contribution in [0.2, 0.25) is 0 Å². The highest BCUT2D eigenvalue weighted by atomic mass is 32.2. The molecular weight excluding hydrogens is 396 g/mol. The number of amides is 1. The molecule has 2 N–H and O–H groups in total. The Bertz CT molecular complexity index is 799. The van der Waals surface area contributed by atoms with E-state index in [0.717, 1.165) is 81.8 Å². The molecule has 0 aliphatic carbocycles. The highest BCUT2D eigenvalue weighted by Gasteiger charge is 2.24. The minimum Gasteiger partial charge on any atom is -0.339 e. The number of aromatic nitrogens is 2. The molecule has 1 aromatic heterocycles. The van der Waals surface area contributed by atoms with Crippen LogP contribution in [0, 0.1) is 0 Å². The van der Waals surface area contributed by atoms with Gasteiger partial charge >= 0.3 is 0 Å². The third kappa shape index (κ3) is 5.17. The second-order valence-corrected chi connectivity index (χ2v) is 9.08. The Kier molecular flexibility index (Phi) is 7.30. The number of unbranched alkanes of at least 4 members (excludes halogenated alkanes) is 1. The molecule has 0 saturated carbocycles. The van der Waals surface area contributed by atoms with E-state index in [2.05, 4.69) is 43.6 Å². The highest BCUT2D eigenvalue weighted by molar-refractivity contribution is 7.99. The van der Waals surface area contributed by atoms with Crippen molar-refractivity contribution in [2.24, 2.45) is 5.73 Å². The van der Waals surface area contributed by atoms with Crippen molar-refractivity contribution >= 4 is 23.6 Å². The van der Waals surface area contributed by atoms with Crippen LogP contribution >= 0.6 is 11.8 Å². The van der Waals surface area contributed by atoms with E-state index < -0.39 is 0 Å². The molecule has 0 unspecified atom stereocenters. The lowest BCUT2D eigenvalue weighted by atomic mass is 10.1. The fourth-order valence-corrected chi connectivity index (χ4v) is 5.09. The minimum absolute atomic E-state index is 0.127. The van der Waals surface area contributed by atoms with Crippen molar-refractivity contribution in [2.75, 3.05) is 55.8 Å². The molecule has 1 aromatic carbocycles. The van der Waals surface area contributed by atoms with Crippen LogP contribution in [0.3, 0.4) is 0 Å². The molecule has 162 valence electrons. The first-order chi connectivity index (χ1) is 14.7. The molecule has 2 aromatic rings. The third-order valence-corrected chi connectivity index (χ3v) is 6.90. The van der Waals surface area contributed by atoms with Gasteiger partial charge in [0.15, 0.2) is 0 Å². The molecule has 0 bridgehead atoms. The van der Waals surface area contributed by atoms with Crippen LogP contribution in [0.1, 0.15) is 19.3 Å². The summed E-state index contributed by atoms with van der Waals surface area (Å²) in [6, 6.07) is 10.0. The van der Waals surface area contributed by atoms with E-state index in [9.17, 15) is 4.79 Å². The van der Waals surface area contributed by atoms with Gasteiger partial charge < -0.3 is 15.5 Å². The summed E-state index contributed by atoms with van der Waals surface area (Å²) in [5.41, 5.74) is 7.27. The predicted octanol–water partition coefficient (Wildman–Crippen LogP) is 2.02. The molecule has 3 heterocycles. The maximum absolute atomic E-state index is 12.3. The number of hydrogen-bond acceptors (Lipinski definition) is 6. The van der Waals surface area contributed by atoms with E-state index in [1.165, 1.54) is 0 Å². The van der Waals surface area contributed by atoms with Crippen molar-refractivity contribution in [3.8, 4) is 5.69 Å². The van der Waals surface area contributed by atoms with Gasteiger partial charge in [-0.05, 0) is 31.5 Å². The van der Waals surface area contributed by atoms with Gasteiger partial charge in [0.2, 0.25) is 11.9 Å². The summed E-state index contributed by atoms with van der Waals surface area (Å²) in [4.78, 5) is 23.7. The summed E-state index contributed by atoms with van der Waals surface area (Å²) in [5, 5.41) is 0. The lowest BCUT2D eigenvalue weighted by molar-refractivity contribution is -0.131. The quantitative estimate of drug-likeness (QED) is 0.649. The minimum atomic E-state index is -0.336. The van der Waals surface area contributed by atoms with Crippen molar-refractivity contribution in [1.82, 2.24) is 19.4 Å². The Balaban J connectivity index is 1.18. The molecule has 4 rings (SSSR count). The van der Waals surface area contributed by atoms with Crippen molar-refractivity contribution in [1.29, 1.82) is 0 Å². The fraction of sp³-hybridized carbons (Fsp3) is 0.545. The molecule has 1 amide bonds. The second-order valence-electron chi connectivity index (χ2n) is 8.00. The van der Waals surface area contributed by atoms with Gasteiger partial charge in [-0.1, -0.05) is 24.6 Å². The molecule has 2 aliphatic heterocycles. The van der Waals surface area contributed by atoms with Crippen LogP contribution in [-0.2, 0) is 4.79 Å². The number of anilines is 1. The van der Waals surface area contributed by atoms with Crippen LogP contribution in [0.25, 0.3) is 5.69 Å². The van der Waals surface area contributed by atoms with E-state index in [1.54, 1.807) is 11.8 Å². The first-order valence-corrected chi connectivity index (χ1v) is 12.1. The summed E-state index contributed by atoms with van der Waals surface area (Å²) >= 11 is 1.81. The second kappa shape index (κ2) is 10.3. The molecule has 2 fully saturated rings. The number of para-hydroxylation sites is 1. The molecule has 30 heavy (non-hydrogen) atoms. The smallest absolute Gasteiger partial charge is 0.240 e.